The number of amides is 1. The molecular formula is C18H19ClFN3O. The first-order valence-electron chi connectivity index (χ1n) is 7.96. The Labute approximate surface area is 145 Å². The number of nitrogens with zero attached hydrogens (tertiary/aromatic N) is 3. The van der Waals surface area contributed by atoms with Crippen LogP contribution >= 0.6 is 11.6 Å². The number of carbonyl (C=O) groups excluding carboxylic acids is 1. The minimum Gasteiger partial charge on any atom is -0.369 e. The van der Waals surface area contributed by atoms with Crippen molar-refractivity contribution < 1.29 is 9.18 Å². The lowest BCUT2D eigenvalue weighted by atomic mass is 10.2. The number of hydrogen-bond acceptors (Lipinski definition) is 3. The second-order valence-corrected chi connectivity index (χ2v) is 6.36. The summed E-state index contributed by atoms with van der Waals surface area (Å²) in [4.78, 5) is 20.7. The van der Waals surface area contributed by atoms with Gasteiger partial charge in [0.1, 0.15) is 5.82 Å². The van der Waals surface area contributed by atoms with Gasteiger partial charge in [0.2, 0.25) is 0 Å². The summed E-state index contributed by atoms with van der Waals surface area (Å²) in [5.41, 5.74) is 2.32. The van der Waals surface area contributed by atoms with Gasteiger partial charge in [-0.3, -0.25) is 9.78 Å². The van der Waals surface area contributed by atoms with Gasteiger partial charge in [-0.05, 0) is 43.2 Å². The number of aryl methyl sites for hydroxylation is 1. The van der Waals surface area contributed by atoms with Crippen molar-refractivity contribution in [1.82, 2.24) is 9.88 Å². The highest BCUT2D eigenvalue weighted by Gasteiger charge is 2.23. The van der Waals surface area contributed by atoms with Gasteiger partial charge in [0, 0.05) is 49.3 Å². The molecule has 0 spiro atoms. The number of anilines is 1. The number of rotatable bonds is 2. The molecule has 1 aromatic carbocycles. The molecule has 0 unspecified atom stereocenters. The highest BCUT2D eigenvalue weighted by Crippen LogP contribution is 2.21. The Morgan fingerprint density at radius 2 is 2.04 bits per heavy atom. The quantitative estimate of drug-likeness (QED) is 0.833. The molecule has 1 aromatic heterocycles. The fourth-order valence-electron chi connectivity index (χ4n) is 3.02. The van der Waals surface area contributed by atoms with Crippen molar-refractivity contribution in [3.05, 3.63) is 58.6 Å². The molecule has 0 aliphatic carbocycles. The predicted molar refractivity (Wildman–Crippen MR) is 93.1 cm³/mol. The van der Waals surface area contributed by atoms with Crippen molar-refractivity contribution in [3.63, 3.8) is 0 Å². The number of pyridine rings is 1. The van der Waals surface area contributed by atoms with E-state index in [4.69, 9.17) is 11.6 Å². The van der Waals surface area contributed by atoms with Crippen LogP contribution in [-0.2, 0) is 0 Å². The predicted octanol–water partition coefficient (Wildman–Crippen LogP) is 3.54. The van der Waals surface area contributed by atoms with E-state index in [1.807, 2.05) is 19.2 Å². The van der Waals surface area contributed by atoms with E-state index in [0.29, 0.717) is 24.7 Å². The molecule has 0 N–H and O–H groups in total. The summed E-state index contributed by atoms with van der Waals surface area (Å²) in [6.45, 7) is 4.77. The third kappa shape index (κ3) is 3.51. The lowest BCUT2D eigenvalue weighted by Gasteiger charge is -2.25. The van der Waals surface area contributed by atoms with Gasteiger partial charge in [-0.25, -0.2) is 4.39 Å². The third-order valence-corrected chi connectivity index (χ3v) is 4.51. The van der Waals surface area contributed by atoms with Gasteiger partial charge >= 0.3 is 0 Å². The maximum Gasteiger partial charge on any atom is 0.256 e. The molecule has 2 heterocycles. The molecule has 0 atom stereocenters. The first-order valence-corrected chi connectivity index (χ1v) is 8.34. The molecule has 126 valence electrons. The van der Waals surface area contributed by atoms with E-state index in [0.717, 1.165) is 24.2 Å². The van der Waals surface area contributed by atoms with Crippen LogP contribution in [0.5, 0.6) is 0 Å². The molecule has 0 bridgehead atoms. The van der Waals surface area contributed by atoms with Crippen LogP contribution in [0.4, 0.5) is 10.1 Å². The standard InChI is InChI=1S/C18H19ClFN3O/c1-13-12-21-6-5-17(13)22-7-2-8-23(10-9-22)18(24)15-4-3-14(19)11-16(15)20/h3-6,11-12H,2,7-10H2,1H3. The maximum absolute atomic E-state index is 14.0. The van der Waals surface area contributed by atoms with Crippen molar-refractivity contribution in [2.75, 3.05) is 31.1 Å². The Morgan fingerprint density at radius 1 is 1.21 bits per heavy atom. The smallest absolute Gasteiger partial charge is 0.256 e. The Bertz CT molecular complexity index is 753. The summed E-state index contributed by atoms with van der Waals surface area (Å²) in [6, 6.07) is 6.17. The zero-order chi connectivity index (χ0) is 17.1. The summed E-state index contributed by atoms with van der Waals surface area (Å²) < 4.78 is 14.0. The Balaban J connectivity index is 1.73. The summed E-state index contributed by atoms with van der Waals surface area (Å²) in [5, 5.41) is 0.291. The number of aromatic nitrogens is 1. The first-order chi connectivity index (χ1) is 11.6. The van der Waals surface area contributed by atoms with Gasteiger partial charge < -0.3 is 9.80 Å². The van der Waals surface area contributed by atoms with Gasteiger partial charge in [0.15, 0.2) is 0 Å². The van der Waals surface area contributed by atoms with Crippen molar-refractivity contribution in [2.45, 2.75) is 13.3 Å². The van der Waals surface area contributed by atoms with E-state index >= 15 is 0 Å². The molecule has 0 saturated carbocycles. The van der Waals surface area contributed by atoms with Crippen molar-refractivity contribution in [2.24, 2.45) is 0 Å². The molecule has 6 heteroatoms. The van der Waals surface area contributed by atoms with Crippen molar-refractivity contribution in [3.8, 4) is 0 Å². The second-order valence-electron chi connectivity index (χ2n) is 5.92. The van der Waals surface area contributed by atoms with Gasteiger partial charge in [-0.15, -0.1) is 0 Å². The molecular weight excluding hydrogens is 329 g/mol. The number of halogens is 2. The van der Waals surface area contributed by atoms with Crippen LogP contribution in [0.2, 0.25) is 5.02 Å². The molecule has 1 aliphatic rings. The normalized spacial score (nSPS) is 15.3. The minimum absolute atomic E-state index is 0.0768. The minimum atomic E-state index is -0.571. The fourth-order valence-corrected chi connectivity index (χ4v) is 3.17. The Kier molecular flexibility index (Phi) is 5.00. The molecule has 0 radical (unpaired) electrons. The molecule has 2 aromatic rings. The fraction of sp³-hybridized carbons (Fsp3) is 0.333. The zero-order valence-electron chi connectivity index (χ0n) is 13.5. The second kappa shape index (κ2) is 7.18. The Morgan fingerprint density at radius 3 is 2.79 bits per heavy atom. The summed E-state index contributed by atoms with van der Waals surface area (Å²) in [6.07, 6.45) is 4.45. The SMILES string of the molecule is Cc1cnccc1N1CCCN(C(=O)c2ccc(Cl)cc2F)CC1. The molecule has 24 heavy (non-hydrogen) atoms. The topological polar surface area (TPSA) is 36.4 Å². The summed E-state index contributed by atoms with van der Waals surface area (Å²) in [7, 11) is 0. The molecule has 1 saturated heterocycles. The van der Waals surface area contributed by atoms with Crippen LogP contribution in [-0.4, -0.2) is 42.0 Å². The number of benzene rings is 1. The van der Waals surface area contributed by atoms with Gasteiger partial charge in [-0.1, -0.05) is 11.6 Å². The average Bonchev–Trinajstić information content (AvgIpc) is 2.81. The van der Waals surface area contributed by atoms with E-state index in [1.165, 1.54) is 12.1 Å². The molecule has 3 rings (SSSR count). The van der Waals surface area contributed by atoms with Crippen LogP contribution in [0.3, 0.4) is 0 Å². The lowest BCUT2D eigenvalue weighted by Crippen LogP contribution is -2.35. The highest BCUT2D eigenvalue weighted by molar-refractivity contribution is 6.30. The van der Waals surface area contributed by atoms with Crippen LogP contribution < -0.4 is 4.90 Å². The van der Waals surface area contributed by atoms with E-state index in [-0.39, 0.29) is 11.5 Å². The van der Waals surface area contributed by atoms with E-state index < -0.39 is 5.82 Å². The van der Waals surface area contributed by atoms with E-state index in [2.05, 4.69) is 9.88 Å². The van der Waals surface area contributed by atoms with Gasteiger partial charge in [0.05, 0.1) is 5.56 Å². The van der Waals surface area contributed by atoms with Crippen molar-refractivity contribution in [1.29, 1.82) is 0 Å². The average molecular weight is 348 g/mol. The highest BCUT2D eigenvalue weighted by atomic mass is 35.5. The molecule has 4 nitrogen and oxygen atoms in total. The molecule has 1 fully saturated rings. The maximum atomic E-state index is 14.0. The largest absolute Gasteiger partial charge is 0.369 e. The van der Waals surface area contributed by atoms with Crippen LogP contribution in [0.25, 0.3) is 0 Å². The molecule has 1 aliphatic heterocycles. The zero-order valence-corrected chi connectivity index (χ0v) is 14.3. The monoisotopic (exact) mass is 347 g/mol. The van der Waals surface area contributed by atoms with Gasteiger partial charge in [0.25, 0.3) is 5.91 Å². The third-order valence-electron chi connectivity index (χ3n) is 4.28. The summed E-state index contributed by atoms with van der Waals surface area (Å²) >= 11 is 5.76. The Hall–Kier alpha value is -2.14. The van der Waals surface area contributed by atoms with Crippen molar-refractivity contribution >= 4 is 23.2 Å². The lowest BCUT2D eigenvalue weighted by molar-refractivity contribution is 0.0762. The first kappa shape index (κ1) is 16.7. The summed E-state index contributed by atoms with van der Waals surface area (Å²) in [5.74, 6) is -0.851. The number of hydrogen-bond donors (Lipinski definition) is 0. The molecule has 1 amide bonds. The van der Waals surface area contributed by atoms with E-state index in [1.54, 1.807) is 17.2 Å². The van der Waals surface area contributed by atoms with E-state index in [9.17, 15) is 9.18 Å². The number of carbonyl (C=O) groups is 1. The van der Waals surface area contributed by atoms with Crippen LogP contribution in [0, 0.1) is 12.7 Å². The van der Waals surface area contributed by atoms with Gasteiger partial charge in [-0.2, -0.15) is 0 Å². The van der Waals surface area contributed by atoms with Crippen LogP contribution in [0.15, 0.2) is 36.7 Å². The van der Waals surface area contributed by atoms with Crippen LogP contribution in [0.1, 0.15) is 22.3 Å².